The summed E-state index contributed by atoms with van der Waals surface area (Å²) in [4.78, 5) is 0. The third-order valence-electron chi connectivity index (χ3n) is 4.85. The molecule has 0 bridgehead atoms. The Bertz CT molecular complexity index is 319. The summed E-state index contributed by atoms with van der Waals surface area (Å²) in [7, 11) is 0. The number of allylic oxidation sites excluding steroid dienone is 2. The van der Waals surface area contributed by atoms with Gasteiger partial charge in [0.15, 0.2) is 0 Å². The Morgan fingerprint density at radius 3 is 2.70 bits per heavy atom. The van der Waals surface area contributed by atoms with Gasteiger partial charge in [-0.3, -0.25) is 0 Å². The van der Waals surface area contributed by atoms with Gasteiger partial charge in [-0.25, -0.2) is 0 Å². The largest absolute Gasteiger partial charge is 0.396 e. The molecule has 2 heteroatoms. The fourth-order valence-electron chi connectivity index (χ4n) is 3.10. The molecule has 2 unspecified atom stereocenters. The summed E-state index contributed by atoms with van der Waals surface area (Å²) >= 11 is 0. The molecule has 1 aliphatic rings. The normalized spacial score (nSPS) is 26.9. The molecule has 0 heterocycles. The van der Waals surface area contributed by atoms with Crippen LogP contribution in [0.15, 0.2) is 11.6 Å². The van der Waals surface area contributed by atoms with Crippen LogP contribution in [0.25, 0.3) is 0 Å². The van der Waals surface area contributed by atoms with Gasteiger partial charge in [0, 0.05) is 13.2 Å². The van der Waals surface area contributed by atoms with Crippen LogP contribution >= 0.6 is 0 Å². The van der Waals surface area contributed by atoms with Gasteiger partial charge in [-0.05, 0) is 77.6 Å². The van der Waals surface area contributed by atoms with Crippen molar-refractivity contribution in [3.8, 4) is 0 Å². The highest BCUT2D eigenvalue weighted by Crippen LogP contribution is 2.55. The predicted octanol–water partition coefficient (Wildman–Crippen LogP) is 4.72. The molecular weight excluding hydrogens is 248 g/mol. The molecular formula is C18H34O2. The first kappa shape index (κ1) is 17.7. The average Bonchev–Trinajstić information content (AvgIpc) is 3.00. The third kappa shape index (κ3) is 5.97. The van der Waals surface area contributed by atoms with E-state index in [9.17, 15) is 0 Å². The molecule has 1 N–H and O–H groups in total. The minimum Gasteiger partial charge on any atom is -0.396 e. The fourth-order valence-corrected chi connectivity index (χ4v) is 3.10. The monoisotopic (exact) mass is 282 g/mol. The SMILES string of the molecule is CCOC(C)(C)CCCC(C)=CCCC1(C)CC1CO. The zero-order valence-corrected chi connectivity index (χ0v) is 14.2. The standard InChI is InChI=1S/C18H34O2/c1-6-20-17(3,4)11-7-9-15(2)10-8-12-18(5)13-16(18)14-19/h10,16,19H,6-9,11-14H2,1-5H3. The second-order valence-electron chi connectivity index (χ2n) is 7.37. The number of rotatable bonds is 10. The van der Waals surface area contributed by atoms with Gasteiger partial charge in [-0.2, -0.15) is 0 Å². The van der Waals surface area contributed by atoms with E-state index >= 15 is 0 Å². The van der Waals surface area contributed by atoms with E-state index in [4.69, 9.17) is 9.84 Å². The first-order chi connectivity index (χ1) is 9.33. The van der Waals surface area contributed by atoms with Crippen molar-refractivity contribution in [1.82, 2.24) is 0 Å². The molecule has 0 spiro atoms. The Kier molecular flexibility index (Phi) is 6.74. The Labute approximate surface area is 125 Å². The first-order valence-electron chi connectivity index (χ1n) is 8.23. The highest BCUT2D eigenvalue weighted by Gasteiger charge is 2.48. The van der Waals surface area contributed by atoms with Crippen LogP contribution in [0.3, 0.4) is 0 Å². The van der Waals surface area contributed by atoms with Crippen LogP contribution < -0.4 is 0 Å². The van der Waals surface area contributed by atoms with E-state index in [0.29, 0.717) is 17.9 Å². The van der Waals surface area contributed by atoms with Crippen LogP contribution in [-0.4, -0.2) is 23.9 Å². The molecule has 0 aromatic carbocycles. The number of ether oxygens (including phenoxy) is 1. The van der Waals surface area contributed by atoms with Crippen molar-refractivity contribution in [3.05, 3.63) is 11.6 Å². The van der Waals surface area contributed by atoms with Gasteiger partial charge in [0.1, 0.15) is 0 Å². The zero-order chi connectivity index (χ0) is 15.2. The van der Waals surface area contributed by atoms with Gasteiger partial charge < -0.3 is 9.84 Å². The summed E-state index contributed by atoms with van der Waals surface area (Å²) in [6.45, 7) is 12.1. The molecule has 1 rings (SSSR count). The molecule has 1 fully saturated rings. The number of hydrogen-bond donors (Lipinski definition) is 1. The number of hydrogen-bond acceptors (Lipinski definition) is 2. The maximum Gasteiger partial charge on any atom is 0.0626 e. The highest BCUT2D eigenvalue weighted by atomic mass is 16.5. The molecule has 0 saturated heterocycles. The van der Waals surface area contributed by atoms with Crippen LogP contribution in [0.1, 0.15) is 73.1 Å². The van der Waals surface area contributed by atoms with Crippen LogP contribution in [0.5, 0.6) is 0 Å². The molecule has 0 radical (unpaired) electrons. The van der Waals surface area contributed by atoms with Gasteiger partial charge in [-0.1, -0.05) is 18.6 Å². The summed E-state index contributed by atoms with van der Waals surface area (Å²) < 4.78 is 5.73. The van der Waals surface area contributed by atoms with E-state index in [1.807, 2.05) is 0 Å². The van der Waals surface area contributed by atoms with E-state index in [-0.39, 0.29) is 5.60 Å². The first-order valence-corrected chi connectivity index (χ1v) is 8.23. The van der Waals surface area contributed by atoms with Crippen molar-refractivity contribution in [2.45, 2.75) is 78.7 Å². The zero-order valence-electron chi connectivity index (χ0n) is 14.2. The molecule has 0 aromatic heterocycles. The van der Waals surface area contributed by atoms with Crippen LogP contribution in [0.2, 0.25) is 0 Å². The van der Waals surface area contributed by atoms with Gasteiger partial charge in [-0.15, -0.1) is 0 Å². The Morgan fingerprint density at radius 1 is 1.45 bits per heavy atom. The van der Waals surface area contributed by atoms with Crippen LogP contribution in [-0.2, 0) is 4.74 Å². The molecule has 1 aliphatic carbocycles. The Hall–Kier alpha value is -0.340. The van der Waals surface area contributed by atoms with Crippen molar-refractivity contribution in [1.29, 1.82) is 0 Å². The van der Waals surface area contributed by atoms with Crippen molar-refractivity contribution < 1.29 is 9.84 Å². The molecule has 1 saturated carbocycles. The van der Waals surface area contributed by atoms with E-state index < -0.39 is 0 Å². The predicted molar refractivity (Wildman–Crippen MR) is 85.8 cm³/mol. The lowest BCUT2D eigenvalue weighted by atomic mass is 9.96. The minimum atomic E-state index is 0.0187. The summed E-state index contributed by atoms with van der Waals surface area (Å²) in [5, 5.41) is 9.16. The fraction of sp³-hybridized carbons (Fsp3) is 0.889. The molecule has 0 aromatic rings. The smallest absolute Gasteiger partial charge is 0.0626 e. The molecule has 0 amide bonds. The maximum atomic E-state index is 9.16. The maximum absolute atomic E-state index is 9.16. The Balaban J connectivity index is 2.16. The summed E-state index contributed by atoms with van der Waals surface area (Å²) in [5.41, 5.74) is 1.94. The van der Waals surface area contributed by atoms with E-state index in [1.54, 1.807) is 0 Å². The van der Waals surface area contributed by atoms with Crippen molar-refractivity contribution in [2.24, 2.45) is 11.3 Å². The molecule has 20 heavy (non-hydrogen) atoms. The lowest BCUT2D eigenvalue weighted by Gasteiger charge is -2.24. The van der Waals surface area contributed by atoms with Gasteiger partial charge >= 0.3 is 0 Å². The van der Waals surface area contributed by atoms with Crippen LogP contribution in [0, 0.1) is 11.3 Å². The number of aliphatic hydroxyl groups excluding tert-OH is 1. The summed E-state index contributed by atoms with van der Waals surface area (Å²) in [6.07, 6.45) is 9.48. The van der Waals surface area contributed by atoms with Crippen molar-refractivity contribution >= 4 is 0 Å². The van der Waals surface area contributed by atoms with Gasteiger partial charge in [0.2, 0.25) is 0 Å². The van der Waals surface area contributed by atoms with E-state index in [1.165, 1.54) is 31.3 Å². The lowest BCUT2D eigenvalue weighted by molar-refractivity contribution is -0.0173. The average molecular weight is 282 g/mol. The topological polar surface area (TPSA) is 29.5 Å². The molecule has 0 aliphatic heterocycles. The Morgan fingerprint density at radius 2 is 2.15 bits per heavy atom. The van der Waals surface area contributed by atoms with Crippen molar-refractivity contribution in [2.75, 3.05) is 13.2 Å². The third-order valence-corrected chi connectivity index (χ3v) is 4.85. The summed E-state index contributed by atoms with van der Waals surface area (Å²) in [6, 6.07) is 0. The lowest BCUT2D eigenvalue weighted by Crippen LogP contribution is -2.24. The van der Waals surface area contributed by atoms with Crippen LogP contribution in [0.4, 0.5) is 0 Å². The highest BCUT2D eigenvalue weighted by molar-refractivity contribution is 5.03. The molecule has 2 atom stereocenters. The molecule has 118 valence electrons. The quantitative estimate of drug-likeness (QED) is 0.588. The van der Waals surface area contributed by atoms with E-state index in [2.05, 4.69) is 40.7 Å². The molecule has 2 nitrogen and oxygen atoms in total. The second-order valence-corrected chi connectivity index (χ2v) is 7.37. The van der Waals surface area contributed by atoms with Gasteiger partial charge in [0.25, 0.3) is 0 Å². The minimum absolute atomic E-state index is 0.0187. The number of aliphatic hydroxyl groups is 1. The van der Waals surface area contributed by atoms with Crippen molar-refractivity contribution in [3.63, 3.8) is 0 Å². The summed E-state index contributed by atoms with van der Waals surface area (Å²) in [5.74, 6) is 0.559. The second kappa shape index (κ2) is 7.61. The van der Waals surface area contributed by atoms with Gasteiger partial charge in [0.05, 0.1) is 5.60 Å². The van der Waals surface area contributed by atoms with E-state index in [0.717, 1.165) is 19.4 Å².